The summed E-state index contributed by atoms with van der Waals surface area (Å²) in [5, 5.41) is 9.05. The number of hydrogen-bond donors (Lipinski definition) is 0. The molecule has 2 heterocycles. The summed E-state index contributed by atoms with van der Waals surface area (Å²) in [5.41, 5.74) is 1.20. The second-order valence-corrected chi connectivity index (χ2v) is 7.39. The minimum absolute atomic E-state index is 0.205. The Morgan fingerprint density at radius 1 is 1.18 bits per heavy atom. The van der Waals surface area contributed by atoms with Gasteiger partial charge in [0.1, 0.15) is 17.5 Å². The van der Waals surface area contributed by atoms with Crippen molar-refractivity contribution in [1.82, 2.24) is 9.88 Å². The molecule has 1 aromatic carbocycles. The van der Waals surface area contributed by atoms with Crippen LogP contribution in [-0.4, -0.2) is 54.3 Å². The lowest BCUT2D eigenvalue weighted by molar-refractivity contribution is -0.132. The molecule has 1 aliphatic heterocycles. The number of likely N-dealkylation sites (tertiary alicyclic amines) is 1. The highest BCUT2D eigenvalue weighted by Crippen LogP contribution is 2.32. The molecular weight excluding hydrogens is 432 g/mol. The number of methoxy groups -OCH3 is 2. The van der Waals surface area contributed by atoms with Crippen LogP contribution in [0.1, 0.15) is 40.7 Å². The van der Waals surface area contributed by atoms with Crippen LogP contribution in [0, 0.1) is 23.2 Å². The third kappa shape index (κ3) is 5.64. The molecule has 2 aromatic rings. The number of carbonyl (C=O) groups is 2. The minimum Gasteiger partial charge on any atom is -0.497 e. The van der Waals surface area contributed by atoms with Crippen LogP contribution in [0.5, 0.6) is 11.5 Å². The number of halogens is 2. The lowest BCUT2D eigenvalue weighted by atomic mass is 10.0. The van der Waals surface area contributed by atoms with Crippen molar-refractivity contribution < 1.29 is 27.8 Å². The van der Waals surface area contributed by atoms with Gasteiger partial charge in [0.25, 0.3) is 5.92 Å². The first kappa shape index (κ1) is 23.7. The van der Waals surface area contributed by atoms with E-state index in [2.05, 4.69) is 16.8 Å². The van der Waals surface area contributed by atoms with E-state index >= 15 is 0 Å². The van der Waals surface area contributed by atoms with Crippen LogP contribution >= 0.6 is 0 Å². The Kier molecular flexibility index (Phi) is 7.24. The number of nitrogens with zero attached hydrogens (tertiary/aromatic N) is 3. The molecule has 33 heavy (non-hydrogen) atoms. The second-order valence-electron chi connectivity index (χ2n) is 7.39. The molecule has 0 spiro atoms. The number of alkyl halides is 2. The van der Waals surface area contributed by atoms with Gasteiger partial charge < -0.3 is 14.4 Å². The van der Waals surface area contributed by atoms with Gasteiger partial charge in [-0.15, -0.1) is 0 Å². The third-order valence-electron chi connectivity index (χ3n) is 5.17. The second kappa shape index (κ2) is 10.1. The number of nitriles is 1. The van der Waals surface area contributed by atoms with Gasteiger partial charge in [0, 0.05) is 43.3 Å². The summed E-state index contributed by atoms with van der Waals surface area (Å²) >= 11 is 0. The number of aromatic nitrogens is 1. The van der Waals surface area contributed by atoms with Crippen LogP contribution in [0.2, 0.25) is 0 Å². The highest BCUT2D eigenvalue weighted by molar-refractivity contribution is 6.00. The maximum atomic E-state index is 13.6. The maximum Gasteiger partial charge on any atom is 0.268 e. The number of rotatable bonds is 6. The lowest BCUT2D eigenvalue weighted by Gasteiger charge is -2.18. The molecule has 1 saturated heterocycles. The standard InChI is InChI=1S/C24H21F2N3O4/c1-32-19-6-5-16(22(11-19)33-2)3-4-17-14-28-10-9-20(17)21(30)7-8-23(31)29-15-24(25,26)12-18(29)13-27/h5-6,9-11,14,18H,7-8,12,15H2,1-2H3/t18-/m0/s1. The molecule has 0 N–H and O–H groups in total. The summed E-state index contributed by atoms with van der Waals surface area (Å²) in [4.78, 5) is 30.0. The highest BCUT2D eigenvalue weighted by atomic mass is 19.3. The van der Waals surface area contributed by atoms with E-state index in [1.807, 2.05) is 0 Å². The van der Waals surface area contributed by atoms with E-state index in [9.17, 15) is 18.4 Å². The molecule has 0 aliphatic carbocycles. The molecular formula is C24H21F2N3O4. The van der Waals surface area contributed by atoms with Crippen molar-refractivity contribution in [2.24, 2.45) is 0 Å². The van der Waals surface area contributed by atoms with Crippen molar-refractivity contribution in [2.75, 3.05) is 20.8 Å². The SMILES string of the molecule is COc1ccc(C#Cc2cnccc2C(=O)CCC(=O)N2CC(F)(F)C[C@H]2C#N)c(OC)c1. The molecule has 9 heteroatoms. The molecule has 1 aromatic heterocycles. The Labute approximate surface area is 189 Å². The fourth-order valence-electron chi connectivity index (χ4n) is 3.47. The number of carbonyl (C=O) groups excluding carboxylic acids is 2. The molecule has 170 valence electrons. The average molecular weight is 453 g/mol. The normalized spacial score (nSPS) is 16.3. The number of pyridine rings is 1. The molecule has 0 bridgehead atoms. The summed E-state index contributed by atoms with van der Waals surface area (Å²) in [6, 6.07) is 7.15. The monoisotopic (exact) mass is 453 g/mol. The Morgan fingerprint density at radius 2 is 1.94 bits per heavy atom. The minimum atomic E-state index is -3.10. The van der Waals surface area contributed by atoms with E-state index in [4.69, 9.17) is 14.7 Å². The van der Waals surface area contributed by atoms with E-state index < -0.39 is 30.8 Å². The van der Waals surface area contributed by atoms with Crippen LogP contribution < -0.4 is 9.47 Å². The maximum absolute atomic E-state index is 13.6. The van der Waals surface area contributed by atoms with Gasteiger partial charge in [-0.25, -0.2) is 8.78 Å². The predicted octanol–water partition coefficient (Wildman–Crippen LogP) is 3.22. The van der Waals surface area contributed by atoms with Crippen LogP contribution in [-0.2, 0) is 4.79 Å². The van der Waals surface area contributed by atoms with Gasteiger partial charge in [0.2, 0.25) is 5.91 Å². The predicted molar refractivity (Wildman–Crippen MR) is 114 cm³/mol. The van der Waals surface area contributed by atoms with E-state index in [0.717, 1.165) is 4.90 Å². The topological polar surface area (TPSA) is 92.5 Å². The van der Waals surface area contributed by atoms with E-state index in [-0.39, 0.29) is 24.2 Å². The van der Waals surface area contributed by atoms with Gasteiger partial charge in [0.15, 0.2) is 5.78 Å². The molecule has 0 radical (unpaired) electrons. The molecule has 0 saturated carbocycles. The Hall–Kier alpha value is -3.98. The number of ketones is 1. The van der Waals surface area contributed by atoms with Crippen LogP contribution in [0.15, 0.2) is 36.7 Å². The van der Waals surface area contributed by atoms with Gasteiger partial charge in [-0.3, -0.25) is 14.6 Å². The van der Waals surface area contributed by atoms with Crippen molar-refractivity contribution in [3.8, 4) is 29.4 Å². The van der Waals surface area contributed by atoms with Crippen molar-refractivity contribution in [3.05, 3.63) is 53.3 Å². The fraction of sp³-hybridized carbons (Fsp3) is 0.333. The first-order valence-electron chi connectivity index (χ1n) is 10.1. The van der Waals surface area contributed by atoms with Gasteiger partial charge >= 0.3 is 0 Å². The quantitative estimate of drug-likeness (QED) is 0.493. The smallest absolute Gasteiger partial charge is 0.268 e. The zero-order chi connectivity index (χ0) is 24.0. The van der Waals surface area contributed by atoms with Crippen molar-refractivity contribution in [2.45, 2.75) is 31.2 Å². The van der Waals surface area contributed by atoms with Crippen molar-refractivity contribution in [3.63, 3.8) is 0 Å². The van der Waals surface area contributed by atoms with Crippen molar-refractivity contribution >= 4 is 11.7 Å². The van der Waals surface area contributed by atoms with E-state index in [1.165, 1.54) is 32.7 Å². The summed E-state index contributed by atoms with van der Waals surface area (Å²) in [6.45, 7) is -0.812. The molecule has 1 amide bonds. The average Bonchev–Trinajstić information content (AvgIpc) is 3.15. The zero-order valence-corrected chi connectivity index (χ0v) is 18.1. The Morgan fingerprint density at radius 3 is 2.64 bits per heavy atom. The van der Waals surface area contributed by atoms with Crippen LogP contribution in [0.25, 0.3) is 0 Å². The Bertz CT molecular complexity index is 1160. The molecule has 1 fully saturated rings. The molecule has 1 atom stereocenters. The van der Waals surface area contributed by atoms with E-state index in [1.54, 1.807) is 24.3 Å². The number of amides is 1. The fourth-order valence-corrected chi connectivity index (χ4v) is 3.47. The lowest BCUT2D eigenvalue weighted by Crippen LogP contribution is -2.36. The van der Waals surface area contributed by atoms with Crippen LogP contribution in [0.3, 0.4) is 0 Å². The number of ether oxygens (including phenoxy) is 2. The largest absolute Gasteiger partial charge is 0.497 e. The van der Waals surface area contributed by atoms with E-state index in [0.29, 0.717) is 22.6 Å². The van der Waals surface area contributed by atoms with Gasteiger partial charge in [-0.05, 0) is 18.2 Å². The first-order valence-corrected chi connectivity index (χ1v) is 10.1. The third-order valence-corrected chi connectivity index (χ3v) is 5.17. The summed E-state index contributed by atoms with van der Waals surface area (Å²) in [5.74, 6) is 2.81. The molecule has 0 unspecified atom stereocenters. The number of hydrogen-bond acceptors (Lipinski definition) is 6. The van der Waals surface area contributed by atoms with Gasteiger partial charge in [0.05, 0.1) is 38.0 Å². The first-order chi connectivity index (χ1) is 15.8. The highest BCUT2D eigenvalue weighted by Gasteiger charge is 2.47. The number of Topliss-reactive ketones (excluding diaryl/α,β-unsaturated/α-hetero) is 1. The molecule has 3 rings (SSSR count). The molecule has 1 aliphatic rings. The zero-order valence-electron chi connectivity index (χ0n) is 18.1. The summed E-state index contributed by atoms with van der Waals surface area (Å²) in [7, 11) is 3.04. The van der Waals surface area contributed by atoms with Crippen LogP contribution in [0.4, 0.5) is 8.78 Å². The molecule has 7 nitrogen and oxygen atoms in total. The Balaban J connectivity index is 1.74. The summed E-state index contributed by atoms with van der Waals surface area (Å²) < 4.78 is 37.6. The number of benzene rings is 1. The summed E-state index contributed by atoms with van der Waals surface area (Å²) in [6.07, 6.45) is 1.69. The van der Waals surface area contributed by atoms with Crippen molar-refractivity contribution in [1.29, 1.82) is 5.26 Å². The van der Waals surface area contributed by atoms with Gasteiger partial charge in [-0.1, -0.05) is 11.8 Å². The van der Waals surface area contributed by atoms with Gasteiger partial charge in [-0.2, -0.15) is 5.26 Å².